The molecule has 1 saturated heterocycles. The van der Waals surface area contributed by atoms with E-state index in [1.165, 1.54) is 0 Å². The van der Waals surface area contributed by atoms with Gasteiger partial charge in [-0.05, 0) is 13.3 Å². The molecule has 1 fully saturated rings. The van der Waals surface area contributed by atoms with Crippen LogP contribution in [0, 0.1) is 0 Å². The van der Waals surface area contributed by atoms with Crippen LogP contribution in [0.5, 0.6) is 0 Å². The van der Waals surface area contributed by atoms with Gasteiger partial charge in [0, 0.05) is 0 Å². The molecule has 0 saturated carbocycles. The van der Waals surface area contributed by atoms with Crippen molar-refractivity contribution in [2.75, 3.05) is 13.2 Å². The van der Waals surface area contributed by atoms with Crippen molar-refractivity contribution in [1.82, 2.24) is 0 Å². The second kappa shape index (κ2) is 3.50. The molecule has 2 unspecified atom stereocenters. The van der Waals surface area contributed by atoms with Gasteiger partial charge >= 0.3 is 0 Å². The van der Waals surface area contributed by atoms with Crippen molar-refractivity contribution >= 4 is 0 Å². The minimum absolute atomic E-state index is 0.123. The highest BCUT2D eigenvalue weighted by Crippen LogP contribution is 2.21. The fraction of sp³-hybridized carbons (Fsp3) is 1.00. The molecule has 0 N–H and O–H groups in total. The van der Waals surface area contributed by atoms with Crippen LogP contribution in [0.1, 0.15) is 26.7 Å². The summed E-state index contributed by atoms with van der Waals surface area (Å²) in [4.78, 5) is 0. The van der Waals surface area contributed by atoms with Gasteiger partial charge in [-0.3, -0.25) is 0 Å². The highest BCUT2D eigenvalue weighted by molar-refractivity contribution is 4.72. The number of ether oxygens (including phenoxy) is 2. The van der Waals surface area contributed by atoms with Gasteiger partial charge in [0.1, 0.15) is 12.3 Å². The minimum atomic E-state index is -1.18. The lowest BCUT2D eigenvalue weighted by atomic mass is 10.0. The van der Waals surface area contributed by atoms with Gasteiger partial charge < -0.3 is 9.47 Å². The minimum Gasteiger partial charge on any atom is -0.347 e. The summed E-state index contributed by atoms with van der Waals surface area (Å²) in [6.45, 7) is 4.32. The Morgan fingerprint density at radius 3 is 2.82 bits per heavy atom. The first-order chi connectivity index (χ1) is 5.14. The van der Waals surface area contributed by atoms with Gasteiger partial charge in [0.15, 0.2) is 6.29 Å². The predicted octanol–water partition coefficient (Wildman–Crippen LogP) is 1.89. The Balaban J connectivity index is 2.09. The quantitative estimate of drug-likeness (QED) is 0.576. The Labute approximate surface area is 66.7 Å². The maximum absolute atomic E-state index is 13.3. The summed E-state index contributed by atoms with van der Waals surface area (Å²) < 4.78 is 23.2. The van der Waals surface area contributed by atoms with Crippen LogP contribution < -0.4 is 0 Å². The predicted molar refractivity (Wildman–Crippen MR) is 40.1 cm³/mol. The summed E-state index contributed by atoms with van der Waals surface area (Å²) in [7, 11) is 0. The summed E-state index contributed by atoms with van der Waals surface area (Å²) in [6, 6.07) is 0. The van der Waals surface area contributed by atoms with Crippen LogP contribution in [0.25, 0.3) is 0 Å². The molecule has 66 valence electrons. The first-order valence-electron chi connectivity index (χ1n) is 4.06. The van der Waals surface area contributed by atoms with Crippen LogP contribution in [0.3, 0.4) is 0 Å². The van der Waals surface area contributed by atoms with E-state index in [2.05, 4.69) is 0 Å². The van der Waals surface area contributed by atoms with Crippen molar-refractivity contribution < 1.29 is 13.9 Å². The van der Waals surface area contributed by atoms with E-state index in [0.717, 1.165) is 6.42 Å². The molecule has 0 amide bonds. The molecule has 0 aromatic rings. The van der Waals surface area contributed by atoms with Crippen molar-refractivity contribution in [3.05, 3.63) is 0 Å². The second-order valence-corrected chi connectivity index (χ2v) is 3.24. The van der Waals surface area contributed by atoms with Gasteiger partial charge in [-0.25, -0.2) is 4.39 Å². The maximum Gasteiger partial charge on any atom is 0.181 e. The molecule has 11 heavy (non-hydrogen) atoms. The number of halogens is 1. The fourth-order valence-corrected chi connectivity index (χ4v) is 0.996. The molecule has 2 atom stereocenters. The number of epoxide rings is 1. The largest absolute Gasteiger partial charge is 0.347 e. The third kappa shape index (κ3) is 3.68. The van der Waals surface area contributed by atoms with E-state index in [4.69, 9.17) is 9.47 Å². The van der Waals surface area contributed by atoms with Crippen LogP contribution in [-0.2, 0) is 9.47 Å². The molecule has 3 heteroatoms. The van der Waals surface area contributed by atoms with E-state index >= 15 is 0 Å². The normalized spacial score (nSPS) is 28.1. The van der Waals surface area contributed by atoms with Crippen molar-refractivity contribution in [2.45, 2.75) is 38.6 Å². The Kier molecular flexibility index (Phi) is 2.84. The monoisotopic (exact) mass is 162 g/mol. The molecule has 0 aromatic carbocycles. The third-order valence-corrected chi connectivity index (χ3v) is 1.64. The SMILES string of the molecule is CCCC(C)(F)COC1CO1. The molecule has 1 heterocycles. The molecule has 1 aliphatic rings. The highest BCUT2D eigenvalue weighted by atomic mass is 19.1. The summed E-state index contributed by atoms with van der Waals surface area (Å²) in [5, 5.41) is 0. The Morgan fingerprint density at radius 2 is 2.36 bits per heavy atom. The van der Waals surface area contributed by atoms with E-state index in [9.17, 15) is 4.39 Å². The topological polar surface area (TPSA) is 21.8 Å². The lowest BCUT2D eigenvalue weighted by Gasteiger charge is -2.18. The number of rotatable bonds is 5. The van der Waals surface area contributed by atoms with Gasteiger partial charge in [0.25, 0.3) is 0 Å². The standard InChI is InChI=1S/C8H15FO2/c1-3-4-8(2,9)6-11-7-5-10-7/h7H,3-6H2,1-2H3. The first-order valence-corrected chi connectivity index (χ1v) is 4.06. The maximum atomic E-state index is 13.3. The van der Waals surface area contributed by atoms with Crippen LogP contribution in [0.2, 0.25) is 0 Å². The number of hydrogen-bond acceptors (Lipinski definition) is 2. The lowest BCUT2D eigenvalue weighted by Crippen LogP contribution is -2.25. The van der Waals surface area contributed by atoms with Gasteiger partial charge in [-0.15, -0.1) is 0 Å². The van der Waals surface area contributed by atoms with Gasteiger partial charge in [0.05, 0.1) is 6.61 Å². The molecular weight excluding hydrogens is 147 g/mol. The van der Waals surface area contributed by atoms with E-state index in [0.29, 0.717) is 13.0 Å². The van der Waals surface area contributed by atoms with E-state index in [1.807, 2.05) is 6.92 Å². The second-order valence-electron chi connectivity index (χ2n) is 3.24. The fourth-order valence-electron chi connectivity index (χ4n) is 0.996. The zero-order chi connectivity index (χ0) is 8.32. The van der Waals surface area contributed by atoms with Crippen LogP contribution in [0.15, 0.2) is 0 Å². The van der Waals surface area contributed by atoms with Crippen LogP contribution in [-0.4, -0.2) is 25.2 Å². The summed E-state index contributed by atoms with van der Waals surface area (Å²) in [5.41, 5.74) is -1.18. The number of hydrogen-bond donors (Lipinski definition) is 0. The zero-order valence-corrected chi connectivity index (χ0v) is 7.10. The van der Waals surface area contributed by atoms with E-state index in [1.54, 1.807) is 6.92 Å². The highest BCUT2D eigenvalue weighted by Gasteiger charge is 2.29. The summed E-state index contributed by atoms with van der Waals surface area (Å²) >= 11 is 0. The smallest absolute Gasteiger partial charge is 0.181 e. The van der Waals surface area contributed by atoms with Gasteiger partial charge in [-0.1, -0.05) is 13.3 Å². The van der Waals surface area contributed by atoms with Gasteiger partial charge in [0.2, 0.25) is 0 Å². The average Bonchev–Trinajstić information content (AvgIpc) is 2.65. The van der Waals surface area contributed by atoms with E-state index < -0.39 is 5.67 Å². The Morgan fingerprint density at radius 1 is 1.73 bits per heavy atom. The van der Waals surface area contributed by atoms with Crippen LogP contribution >= 0.6 is 0 Å². The summed E-state index contributed by atoms with van der Waals surface area (Å²) in [6.07, 6.45) is 1.28. The Bertz CT molecular complexity index is 121. The van der Waals surface area contributed by atoms with Crippen LogP contribution in [0.4, 0.5) is 4.39 Å². The molecule has 0 aliphatic carbocycles. The van der Waals surface area contributed by atoms with Gasteiger partial charge in [-0.2, -0.15) is 0 Å². The van der Waals surface area contributed by atoms with Crippen molar-refractivity contribution in [3.8, 4) is 0 Å². The lowest BCUT2D eigenvalue weighted by molar-refractivity contribution is -0.0224. The Hall–Kier alpha value is -0.150. The molecule has 0 spiro atoms. The van der Waals surface area contributed by atoms with Crippen molar-refractivity contribution in [3.63, 3.8) is 0 Å². The van der Waals surface area contributed by atoms with E-state index in [-0.39, 0.29) is 12.9 Å². The first kappa shape index (κ1) is 8.94. The molecule has 2 nitrogen and oxygen atoms in total. The zero-order valence-electron chi connectivity index (χ0n) is 7.10. The molecule has 1 aliphatic heterocycles. The average molecular weight is 162 g/mol. The van der Waals surface area contributed by atoms with Crippen molar-refractivity contribution in [1.29, 1.82) is 0 Å². The molecular formula is C8H15FO2. The molecule has 0 radical (unpaired) electrons. The number of alkyl halides is 1. The summed E-state index contributed by atoms with van der Waals surface area (Å²) in [5.74, 6) is 0. The third-order valence-electron chi connectivity index (χ3n) is 1.64. The molecule has 0 bridgehead atoms. The molecule has 0 aromatic heterocycles. The van der Waals surface area contributed by atoms with Crippen molar-refractivity contribution in [2.24, 2.45) is 0 Å². The molecule has 1 rings (SSSR count).